The predicted molar refractivity (Wildman–Crippen MR) is 117 cm³/mol. The summed E-state index contributed by atoms with van der Waals surface area (Å²) < 4.78 is 0. The topological polar surface area (TPSA) is 86.2 Å². The largest absolute Gasteiger partial charge is 0.397 e. The van der Waals surface area contributed by atoms with Crippen LogP contribution in [0.1, 0.15) is 65.2 Å². The Labute approximate surface area is 174 Å². The van der Waals surface area contributed by atoms with Crippen molar-refractivity contribution >= 4 is 22.9 Å². The Balaban J connectivity index is 0.000000216. The minimum atomic E-state index is -0.0246. The summed E-state index contributed by atoms with van der Waals surface area (Å²) in [5.41, 5.74) is 13.7. The molecular formula is C25H34N2O2. The van der Waals surface area contributed by atoms with Gasteiger partial charge in [-0.05, 0) is 79.9 Å². The predicted octanol–water partition coefficient (Wildman–Crippen LogP) is 4.94. The standard InChI is InChI=1S/C19H26O2.C6H8N2/c1-18-9-7-13(20)11-12(18)3-4-14-15-5-6-17(21)19(15,2)10-8-16(14)18;7-5-3-1-2-4-6(5)8/h11,14-16H,3-10H2,1-2H3;1-4H,7-8H2/t14-,15-,16-,18-,19-;/m0./s1. The highest BCUT2D eigenvalue weighted by atomic mass is 16.1. The summed E-state index contributed by atoms with van der Waals surface area (Å²) in [6.45, 7) is 4.64. The molecule has 4 nitrogen and oxygen atoms in total. The summed E-state index contributed by atoms with van der Waals surface area (Å²) in [6, 6.07) is 7.25. The third kappa shape index (κ3) is 3.31. The van der Waals surface area contributed by atoms with E-state index >= 15 is 0 Å². The van der Waals surface area contributed by atoms with E-state index in [2.05, 4.69) is 13.8 Å². The molecule has 4 aliphatic rings. The number of benzene rings is 1. The molecule has 1 aromatic rings. The number of anilines is 2. The summed E-state index contributed by atoms with van der Waals surface area (Å²) in [5.74, 6) is 2.88. The van der Waals surface area contributed by atoms with E-state index in [1.165, 1.54) is 18.4 Å². The molecular weight excluding hydrogens is 360 g/mol. The lowest BCUT2D eigenvalue weighted by Gasteiger charge is -2.56. The van der Waals surface area contributed by atoms with E-state index in [9.17, 15) is 9.59 Å². The van der Waals surface area contributed by atoms with Gasteiger partial charge in [0.25, 0.3) is 0 Å². The van der Waals surface area contributed by atoms with Crippen molar-refractivity contribution in [3.8, 4) is 0 Å². The molecule has 0 amide bonds. The smallest absolute Gasteiger partial charge is 0.155 e. The van der Waals surface area contributed by atoms with E-state index in [1.54, 1.807) is 12.1 Å². The van der Waals surface area contributed by atoms with Gasteiger partial charge in [0.1, 0.15) is 5.78 Å². The second kappa shape index (κ2) is 7.30. The molecule has 0 saturated heterocycles. The summed E-state index contributed by atoms with van der Waals surface area (Å²) in [5, 5.41) is 0. The third-order valence-electron chi connectivity index (χ3n) is 8.67. The van der Waals surface area contributed by atoms with Crippen LogP contribution < -0.4 is 11.5 Å². The number of fused-ring (bicyclic) bond motifs is 5. The van der Waals surface area contributed by atoms with E-state index in [1.807, 2.05) is 18.2 Å². The van der Waals surface area contributed by atoms with Gasteiger partial charge in [-0.15, -0.1) is 0 Å². The van der Waals surface area contributed by atoms with Crippen molar-refractivity contribution in [1.82, 2.24) is 0 Å². The van der Waals surface area contributed by atoms with E-state index in [-0.39, 0.29) is 10.8 Å². The molecule has 0 heterocycles. The molecule has 5 rings (SSSR count). The lowest BCUT2D eigenvalue weighted by molar-refractivity contribution is -0.132. The summed E-state index contributed by atoms with van der Waals surface area (Å²) in [4.78, 5) is 24.1. The molecule has 3 saturated carbocycles. The van der Waals surface area contributed by atoms with Gasteiger partial charge in [-0.2, -0.15) is 0 Å². The fourth-order valence-electron chi connectivity index (χ4n) is 6.84. The molecule has 4 N–H and O–H groups in total. The van der Waals surface area contributed by atoms with E-state index in [0.29, 0.717) is 40.7 Å². The van der Waals surface area contributed by atoms with Crippen LogP contribution in [0.3, 0.4) is 0 Å². The van der Waals surface area contributed by atoms with Gasteiger partial charge >= 0.3 is 0 Å². The fraction of sp³-hybridized carbons (Fsp3) is 0.600. The average Bonchev–Trinajstić information content (AvgIpc) is 3.00. The maximum absolute atomic E-state index is 12.4. The first-order chi connectivity index (χ1) is 13.8. The second-order valence-electron chi connectivity index (χ2n) is 10.0. The van der Waals surface area contributed by atoms with Crippen LogP contribution >= 0.6 is 0 Å². The maximum atomic E-state index is 12.4. The number of Topliss-reactive ketones (excluding diaryl/α,β-unsaturated/α-hetero) is 1. The Morgan fingerprint density at radius 1 is 0.828 bits per heavy atom. The molecule has 156 valence electrons. The van der Waals surface area contributed by atoms with Gasteiger partial charge in [-0.25, -0.2) is 0 Å². The third-order valence-corrected chi connectivity index (χ3v) is 8.67. The zero-order valence-corrected chi connectivity index (χ0v) is 17.7. The maximum Gasteiger partial charge on any atom is 0.155 e. The molecule has 0 aliphatic heterocycles. The Hall–Kier alpha value is -2.10. The molecule has 29 heavy (non-hydrogen) atoms. The zero-order chi connectivity index (χ0) is 20.8. The van der Waals surface area contributed by atoms with E-state index in [4.69, 9.17) is 11.5 Å². The first-order valence-electron chi connectivity index (χ1n) is 11.1. The minimum Gasteiger partial charge on any atom is -0.397 e. The van der Waals surface area contributed by atoms with Gasteiger partial charge in [0, 0.05) is 18.3 Å². The first kappa shape index (κ1) is 20.2. The van der Waals surface area contributed by atoms with Crippen LogP contribution in [-0.2, 0) is 9.59 Å². The molecule has 0 unspecified atom stereocenters. The van der Waals surface area contributed by atoms with Crippen molar-refractivity contribution in [2.24, 2.45) is 28.6 Å². The van der Waals surface area contributed by atoms with Crippen LogP contribution in [0, 0.1) is 28.6 Å². The highest BCUT2D eigenvalue weighted by Gasteiger charge is 2.58. The molecule has 0 bridgehead atoms. The van der Waals surface area contributed by atoms with Crippen LogP contribution in [0.25, 0.3) is 0 Å². The fourth-order valence-corrected chi connectivity index (χ4v) is 6.84. The molecule has 4 heteroatoms. The average molecular weight is 395 g/mol. The number of hydrogen-bond donors (Lipinski definition) is 2. The SMILES string of the molecule is C[C@]12CCC(=O)C=C1CC[C@@H]1[C@@H]2CC[C@]2(C)C(=O)CC[C@@H]12.Nc1ccccc1N. The summed E-state index contributed by atoms with van der Waals surface area (Å²) in [7, 11) is 0. The molecule has 3 fully saturated rings. The number of carbonyl (C=O) groups is 2. The van der Waals surface area contributed by atoms with Crippen molar-refractivity contribution in [3.05, 3.63) is 35.9 Å². The highest BCUT2D eigenvalue weighted by molar-refractivity contribution is 5.91. The zero-order valence-electron chi connectivity index (χ0n) is 17.7. The van der Waals surface area contributed by atoms with Gasteiger partial charge in [0.15, 0.2) is 5.78 Å². The quantitative estimate of drug-likeness (QED) is 0.610. The van der Waals surface area contributed by atoms with Crippen molar-refractivity contribution in [1.29, 1.82) is 0 Å². The van der Waals surface area contributed by atoms with Gasteiger partial charge in [-0.3, -0.25) is 9.59 Å². The number of nitrogens with two attached hydrogens (primary N) is 2. The number of nitrogen functional groups attached to an aromatic ring is 2. The van der Waals surface area contributed by atoms with E-state index in [0.717, 1.165) is 38.5 Å². The van der Waals surface area contributed by atoms with Gasteiger partial charge in [-0.1, -0.05) is 31.6 Å². The lowest BCUT2D eigenvalue weighted by atomic mass is 9.47. The summed E-state index contributed by atoms with van der Waals surface area (Å²) >= 11 is 0. The molecule has 1 aromatic carbocycles. The monoisotopic (exact) mass is 394 g/mol. The van der Waals surface area contributed by atoms with Crippen LogP contribution in [0.15, 0.2) is 35.9 Å². The highest BCUT2D eigenvalue weighted by Crippen LogP contribution is 2.64. The number of carbonyl (C=O) groups excluding carboxylic acids is 2. The Bertz CT molecular complexity index is 839. The molecule has 5 atom stereocenters. The Kier molecular flexibility index (Phi) is 5.08. The van der Waals surface area contributed by atoms with Gasteiger partial charge < -0.3 is 11.5 Å². The van der Waals surface area contributed by atoms with Crippen molar-refractivity contribution < 1.29 is 9.59 Å². The van der Waals surface area contributed by atoms with Crippen LogP contribution in [0.2, 0.25) is 0 Å². The minimum absolute atomic E-state index is 0.0246. The van der Waals surface area contributed by atoms with Crippen molar-refractivity contribution in [2.75, 3.05) is 11.5 Å². The first-order valence-corrected chi connectivity index (χ1v) is 11.1. The van der Waals surface area contributed by atoms with Crippen LogP contribution in [0.5, 0.6) is 0 Å². The van der Waals surface area contributed by atoms with Crippen LogP contribution in [-0.4, -0.2) is 11.6 Å². The number of hydrogen-bond acceptors (Lipinski definition) is 4. The molecule has 0 radical (unpaired) electrons. The number of para-hydroxylation sites is 2. The number of allylic oxidation sites excluding steroid dienone is 1. The van der Waals surface area contributed by atoms with Gasteiger partial charge in [0.05, 0.1) is 11.4 Å². The van der Waals surface area contributed by atoms with Crippen LogP contribution in [0.4, 0.5) is 11.4 Å². The van der Waals surface area contributed by atoms with Crippen molar-refractivity contribution in [2.45, 2.75) is 65.2 Å². The number of rotatable bonds is 0. The molecule has 0 spiro atoms. The van der Waals surface area contributed by atoms with Crippen molar-refractivity contribution in [3.63, 3.8) is 0 Å². The van der Waals surface area contributed by atoms with E-state index < -0.39 is 0 Å². The second-order valence-corrected chi connectivity index (χ2v) is 10.0. The molecule has 0 aromatic heterocycles. The Morgan fingerprint density at radius 2 is 1.48 bits per heavy atom. The van der Waals surface area contributed by atoms with Gasteiger partial charge in [0.2, 0.25) is 0 Å². The molecule has 4 aliphatic carbocycles. The normalized spacial score (nSPS) is 38.1. The Morgan fingerprint density at radius 3 is 2.14 bits per heavy atom. The lowest BCUT2D eigenvalue weighted by Crippen LogP contribution is -2.50. The summed E-state index contributed by atoms with van der Waals surface area (Å²) in [6.07, 6.45) is 10.2. The number of ketones is 2.